The van der Waals surface area contributed by atoms with Crippen LogP contribution < -0.4 is 10.6 Å². The summed E-state index contributed by atoms with van der Waals surface area (Å²) in [5.41, 5.74) is 1.08. The molecule has 6 heteroatoms. The fraction of sp³-hybridized carbons (Fsp3) is 0.500. The number of hydrogen-bond donors (Lipinski definition) is 2. The average molecular weight is 410 g/mol. The molecule has 1 unspecified atom stereocenters. The minimum absolute atomic E-state index is 0.000674. The number of morpholine rings is 1. The highest BCUT2D eigenvalue weighted by atomic mass is 16.5. The maximum atomic E-state index is 13.0. The van der Waals surface area contributed by atoms with Gasteiger partial charge in [0.15, 0.2) is 0 Å². The predicted molar refractivity (Wildman–Crippen MR) is 119 cm³/mol. The molecule has 4 rings (SSSR count). The first-order valence-corrected chi connectivity index (χ1v) is 11.0. The van der Waals surface area contributed by atoms with Gasteiger partial charge in [0.1, 0.15) is 0 Å². The summed E-state index contributed by atoms with van der Waals surface area (Å²) in [5, 5.41) is 7.97. The average Bonchev–Trinajstić information content (AvgIpc) is 3.57. The van der Waals surface area contributed by atoms with Crippen LogP contribution in [-0.2, 0) is 9.53 Å². The van der Waals surface area contributed by atoms with E-state index in [2.05, 4.69) is 29.4 Å². The van der Waals surface area contributed by atoms with Gasteiger partial charge in [-0.15, -0.1) is 0 Å². The quantitative estimate of drug-likeness (QED) is 0.736. The Morgan fingerprint density at radius 1 is 1.17 bits per heavy atom. The molecule has 2 aromatic carbocycles. The number of carbonyl (C=O) groups is 2. The van der Waals surface area contributed by atoms with Gasteiger partial charge in [-0.25, -0.2) is 0 Å². The van der Waals surface area contributed by atoms with Gasteiger partial charge >= 0.3 is 0 Å². The Morgan fingerprint density at radius 3 is 2.60 bits per heavy atom. The Labute approximate surface area is 178 Å². The van der Waals surface area contributed by atoms with Crippen LogP contribution in [0.2, 0.25) is 0 Å². The van der Waals surface area contributed by atoms with Gasteiger partial charge in [-0.2, -0.15) is 0 Å². The Kier molecular flexibility index (Phi) is 6.35. The lowest BCUT2D eigenvalue weighted by atomic mass is 10.0. The van der Waals surface area contributed by atoms with Gasteiger partial charge in [-0.05, 0) is 41.7 Å². The molecule has 1 heterocycles. The molecule has 1 atom stereocenters. The van der Waals surface area contributed by atoms with Crippen LogP contribution >= 0.6 is 0 Å². The zero-order chi connectivity index (χ0) is 21.1. The van der Waals surface area contributed by atoms with Crippen LogP contribution in [0.15, 0.2) is 36.4 Å². The molecule has 1 saturated carbocycles. The summed E-state index contributed by atoms with van der Waals surface area (Å²) in [5.74, 6) is 0.499. The Balaban J connectivity index is 1.46. The third kappa shape index (κ3) is 5.18. The van der Waals surface area contributed by atoms with Gasteiger partial charge in [0.25, 0.3) is 5.91 Å². The van der Waals surface area contributed by atoms with Crippen LogP contribution in [0.5, 0.6) is 0 Å². The number of ether oxygens (including phenoxy) is 1. The number of amides is 2. The first kappa shape index (κ1) is 20.8. The Bertz CT molecular complexity index is 923. The molecule has 2 amide bonds. The molecule has 30 heavy (non-hydrogen) atoms. The Hall–Kier alpha value is -2.44. The van der Waals surface area contributed by atoms with E-state index in [0.717, 1.165) is 43.2 Å². The van der Waals surface area contributed by atoms with Crippen molar-refractivity contribution in [1.82, 2.24) is 10.2 Å². The number of fused-ring (bicyclic) bond motifs is 1. The van der Waals surface area contributed by atoms with Crippen LogP contribution in [0, 0.1) is 11.8 Å². The van der Waals surface area contributed by atoms with Crippen LogP contribution in [0.25, 0.3) is 10.8 Å². The van der Waals surface area contributed by atoms with E-state index in [1.54, 1.807) is 0 Å². The van der Waals surface area contributed by atoms with Crippen molar-refractivity contribution in [2.75, 3.05) is 38.1 Å². The summed E-state index contributed by atoms with van der Waals surface area (Å²) < 4.78 is 5.85. The van der Waals surface area contributed by atoms with Crippen molar-refractivity contribution in [1.29, 1.82) is 0 Å². The lowest BCUT2D eigenvalue weighted by Crippen LogP contribution is -2.48. The van der Waals surface area contributed by atoms with E-state index < -0.39 is 0 Å². The van der Waals surface area contributed by atoms with E-state index in [0.29, 0.717) is 30.3 Å². The SMILES string of the molecule is CC(C)CN1CCOC(CNC(=O)c2cc3ccccc3cc2NC(=O)C2CC2)C1. The fourth-order valence-electron chi connectivity index (χ4n) is 4.00. The Morgan fingerprint density at radius 2 is 1.90 bits per heavy atom. The van der Waals surface area contributed by atoms with Gasteiger partial charge in [0.2, 0.25) is 5.91 Å². The minimum Gasteiger partial charge on any atom is -0.374 e. The zero-order valence-corrected chi connectivity index (χ0v) is 17.8. The van der Waals surface area contributed by atoms with Crippen LogP contribution in [0.4, 0.5) is 5.69 Å². The summed E-state index contributed by atoms with van der Waals surface area (Å²) >= 11 is 0. The topological polar surface area (TPSA) is 70.7 Å². The van der Waals surface area contributed by atoms with Crippen LogP contribution in [-0.4, -0.2) is 55.6 Å². The maximum absolute atomic E-state index is 13.0. The molecule has 160 valence electrons. The van der Waals surface area contributed by atoms with E-state index in [4.69, 9.17) is 4.74 Å². The van der Waals surface area contributed by atoms with Gasteiger partial charge < -0.3 is 15.4 Å². The monoisotopic (exact) mass is 409 g/mol. The molecule has 2 aromatic rings. The van der Waals surface area contributed by atoms with Crippen LogP contribution in [0.1, 0.15) is 37.0 Å². The third-order valence-electron chi connectivity index (χ3n) is 5.67. The zero-order valence-electron chi connectivity index (χ0n) is 17.8. The smallest absolute Gasteiger partial charge is 0.253 e. The summed E-state index contributed by atoms with van der Waals surface area (Å²) in [6, 6.07) is 11.6. The van der Waals surface area contributed by atoms with Gasteiger partial charge in [-0.3, -0.25) is 14.5 Å². The summed E-state index contributed by atoms with van der Waals surface area (Å²) in [7, 11) is 0. The van der Waals surface area contributed by atoms with E-state index in [1.807, 2.05) is 36.4 Å². The van der Waals surface area contributed by atoms with E-state index in [-0.39, 0.29) is 23.8 Å². The molecule has 1 aliphatic carbocycles. The van der Waals surface area contributed by atoms with Gasteiger partial charge in [0, 0.05) is 32.1 Å². The molecule has 2 N–H and O–H groups in total. The van der Waals surface area contributed by atoms with E-state index in [9.17, 15) is 9.59 Å². The molecule has 2 aliphatic rings. The number of anilines is 1. The number of hydrogen-bond acceptors (Lipinski definition) is 4. The largest absolute Gasteiger partial charge is 0.374 e. The van der Waals surface area contributed by atoms with Crippen molar-refractivity contribution in [3.05, 3.63) is 42.0 Å². The molecule has 0 aromatic heterocycles. The predicted octanol–water partition coefficient (Wildman–Crippen LogP) is 3.27. The molecule has 2 fully saturated rings. The van der Waals surface area contributed by atoms with Crippen molar-refractivity contribution in [3.63, 3.8) is 0 Å². The molecule has 0 radical (unpaired) electrons. The normalized spacial score (nSPS) is 19.8. The third-order valence-corrected chi connectivity index (χ3v) is 5.67. The second kappa shape index (κ2) is 9.14. The number of carbonyl (C=O) groups excluding carboxylic acids is 2. The maximum Gasteiger partial charge on any atom is 0.253 e. The van der Waals surface area contributed by atoms with Crippen molar-refractivity contribution in [3.8, 4) is 0 Å². The fourth-order valence-corrected chi connectivity index (χ4v) is 4.00. The summed E-state index contributed by atoms with van der Waals surface area (Å²) in [6.07, 6.45) is 1.83. The molecule has 0 spiro atoms. The number of nitrogens with zero attached hydrogens (tertiary/aromatic N) is 1. The van der Waals surface area contributed by atoms with Crippen LogP contribution in [0.3, 0.4) is 0 Å². The van der Waals surface area contributed by atoms with Gasteiger partial charge in [-0.1, -0.05) is 38.1 Å². The highest BCUT2D eigenvalue weighted by Gasteiger charge is 2.30. The molecule has 1 saturated heterocycles. The standard InChI is InChI=1S/C24H31N3O3/c1-16(2)14-27-9-10-30-20(15-27)13-25-24(29)21-11-18-5-3-4-6-19(18)12-22(21)26-23(28)17-7-8-17/h3-6,11-12,16-17,20H,7-10,13-15H2,1-2H3,(H,25,29)(H,26,28). The van der Waals surface area contributed by atoms with E-state index in [1.165, 1.54) is 0 Å². The van der Waals surface area contributed by atoms with E-state index >= 15 is 0 Å². The number of rotatable bonds is 7. The first-order chi connectivity index (χ1) is 14.5. The van der Waals surface area contributed by atoms with Crippen molar-refractivity contribution >= 4 is 28.3 Å². The highest BCUT2D eigenvalue weighted by molar-refractivity contribution is 6.08. The van der Waals surface area contributed by atoms with Crippen molar-refractivity contribution in [2.24, 2.45) is 11.8 Å². The molecule has 1 aliphatic heterocycles. The second-order valence-electron chi connectivity index (χ2n) is 8.86. The molecule has 6 nitrogen and oxygen atoms in total. The lowest BCUT2D eigenvalue weighted by Gasteiger charge is -2.34. The highest BCUT2D eigenvalue weighted by Crippen LogP contribution is 2.32. The van der Waals surface area contributed by atoms with Crippen molar-refractivity contribution in [2.45, 2.75) is 32.8 Å². The molecule has 0 bridgehead atoms. The minimum atomic E-state index is -0.184. The van der Waals surface area contributed by atoms with Gasteiger partial charge in [0.05, 0.1) is 24.0 Å². The number of nitrogens with one attached hydrogen (secondary N) is 2. The van der Waals surface area contributed by atoms with Crippen molar-refractivity contribution < 1.29 is 14.3 Å². The first-order valence-electron chi connectivity index (χ1n) is 11.0. The summed E-state index contributed by atoms with van der Waals surface area (Å²) in [6.45, 7) is 8.36. The second-order valence-corrected chi connectivity index (χ2v) is 8.86. The molecular weight excluding hydrogens is 378 g/mol. The molecular formula is C24H31N3O3. The number of benzene rings is 2. The summed E-state index contributed by atoms with van der Waals surface area (Å²) in [4.78, 5) is 27.8. The lowest BCUT2D eigenvalue weighted by molar-refractivity contribution is -0.117.